The molecule has 1 aromatic carbocycles. The molecule has 1 aromatic rings. The number of halogens is 1. The van der Waals surface area contributed by atoms with E-state index in [9.17, 15) is 4.39 Å². The van der Waals surface area contributed by atoms with Crippen LogP contribution in [-0.4, -0.2) is 30.6 Å². The summed E-state index contributed by atoms with van der Waals surface area (Å²) in [6.07, 6.45) is 5.03. The summed E-state index contributed by atoms with van der Waals surface area (Å²) >= 11 is 0. The smallest absolute Gasteiger partial charge is 0.123 e. The predicted molar refractivity (Wildman–Crippen MR) is 80.1 cm³/mol. The summed E-state index contributed by atoms with van der Waals surface area (Å²) in [6, 6.07) is 8.73. The molecular weight excluding hydrogens is 251 g/mol. The van der Waals surface area contributed by atoms with Gasteiger partial charge in [-0.15, -0.1) is 0 Å². The molecule has 0 bridgehead atoms. The van der Waals surface area contributed by atoms with Crippen LogP contribution in [0.2, 0.25) is 0 Å². The van der Waals surface area contributed by atoms with Gasteiger partial charge in [0, 0.05) is 18.1 Å². The fraction of sp³-hybridized carbons (Fsp3) is 0.647. The highest BCUT2D eigenvalue weighted by molar-refractivity contribution is 5.22. The van der Waals surface area contributed by atoms with E-state index >= 15 is 0 Å². The van der Waals surface area contributed by atoms with Gasteiger partial charge in [-0.1, -0.05) is 12.1 Å². The van der Waals surface area contributed by atoms with Crippen molar-refractivity contribution >= 4 is 0 Å². The van der Waals surface area contributed by atoms with E-state index in [2.05, 4.69) is 24.2 Å². The average molecular weight is 276 g/mol. The molecule has 1 N–H and O–H groups in total. The van der Waals surface area contributed by atoms with E-state index in [0.29, 0.717) is 18.1 Å². The molecule has 3 unspecified atom stereocenters. The van der Waals surface area contributed by atoms with Crippen LogP contribution in [-0.2, 0) is 0 Å². The Morgan fingerprint density at radius 3 is 2.50 bits per heavy atom. The first-order valence-corrected chi connectivity index (χ1v) is 7.85. The van der Waals surface area contributed by atoms with Gasteiger partial charge >= 0.3 is 0 Å². The first-order chi connectivity index (χ1) is 9.63. The van der Waals surface area contributed by atoms with E-state index in [1.54, 1.807) is 12.1 Å². The summed E-state index contributed by atoms with van der Waals surface area (Å²) in [6.45, 7) is 3.47. The van der Waals surface area contributed by atoms with E-state index in [4.69, 9.17) is 0 Å². The van der Waals surface area contributed by atoms with Crippen LogP contribution in [0.4, 0.5) is 4.39 Å². The van der Waals surface area contributed by atoms with Gasteiger partial charge in [-0.05, 0) is 69.8 Å². The Kier molecular flexibility index (Phi) is 4.08. The molecule has 1 saturated carbocycles. The largest absolute Gasteiger partial charge is 0.307 e. The van der Waals surface area contributed by atoms with Crippen molar-refractivity contribution in [1.29, 1.82) is 0 Å². The van der Waals surface area contributed by atoms with Gasteiger partial charge in [-0.3, -0.25) is 0 Å². The molecule has 2 fully saturated rings. The SMILES string of the molecule is CC1CC(NC(c2ccc(F)cc2)C2CC2)CCN1C. The Morgan fingerprint density at radius 1 is 1.20 bits per heavy atom. The van der Waals surface area contributed by atoms with Gasteiger partial charge in [0.2, 0.25) is 0 Å². The molecular formula is C17H25FN2. The van der Waals surface area contributed by atoms with Crippen LogP contribution in [0.15, 0.2) is 24.3 Å². The van der Waals surface area contributed by atoms with Crippen LogP contribution in [0, 0.1) is 11.7 Å². The number of rotatable bonds is 4. The quantitative estimate of drug-likeness (QED) is 0.907. The molecule has 1 aliphatic carbocycles. The first-order valence-electron chi connectivity index (χ1n) is 7.85. The number of hydrogen-bond donors (Lipinski definition) is 1. The van der Waals surface area contributed by atoms with E-state index in [-0.39, 0.29) is 5.82 Å². The molecule has 1 heterocycles. The van der Waals surface area contributed by atoms with Gasteiger partial charge in [0.05, 0.1) is 0 Å². The molecule has 3 rings (SSSR count). The molecule has 3 heteroatoms. The van der Waals surface area contributed by atoms with Crippen molar-refractivity contribution in [3.05, 3.63) is 35.6 Å². The molecule has 2 aliphatic rings. The average Bonchev–Trinajstić information content (AvgIpc) is 3.26. The van der Waals surface area contributed by atoms with Crippen molar-refractivity contribution in [2.24, 2.45) is 5.92 Å². The first kappa shape index (κ1) is 14.0. The van der Waals surface area contributed by atoms with E-state index < -0.39 is 0 Å². The Morgan fingerprint density at radius 2 is 1.90 bits per heavy atom. The van der Waals surface area contributed by atoms with E-state index in [1.165, 1.54) is 37.8 Å². The minimum absolute atomic E-state index is 0.142. The maximum absolute atomic E-state index is 13.1. The van der Waals surface area contributed by atoms with Gasteiger partial charge in [0.25, 0.3) is 0 Å². The molecule has 0 aromatic heterocycles. The molecule has 1 saturated heterocycles. The fourth-order valence-electron chi connectivity index (χ4n) is 3.30. The minimum atomic E-state index is -0.142. The Bertz CT molecular complexity index is 441. The zero-order chi connectivity index (χ0) is 14.1. The third kappa shape index (κ3) is 3.21. The molecule has 20 heavy (non-hydrogen) atoms. The second kappa shape index (κ2) is 5.82. The van der Waals surface area contributed by atoms with Crippen molar-refractivity contribution in [3.63, 3.8) is 0 Å². The highest BCUT2D eigenvalue weighted by Gasteiger charge is 2.34. The number of nitrogens with one attached hydrogen (secondary N) is 1. The normalized spacial score (nSPS) is 29.4. The zero-order valence-electron chi connectivity index (χ0n) is 12.5. The summed E-state index contributed by atoms with van der Waals surface area (Å²) in [5, 5.41) is 3.86. The second-order valence-corrected chi connectivity index (χ2v) is 6.58. The van der Waals surface area contributed by atoms with Gasteiger partial charge in [0.1, 0.15) is 5.82 Å². The Hall–Kier alpha value is -0.930. The molecule has 110 valence electrons. The minimum Gasteiger partial charge on any atom is -0.307 e. The number of benzene rings is 1. The van der Waals surface area contributed by atoms with Gasteiger partial charge in [0.15, 0.2) is 0 Å². The third-order valence-electron chi connectivity index (χ3n) is 4.95. The second-order valence-electron chi connectivity index (χ2n) is 6.58. The maximum Gasteiger partial charge on any atom is 0.123 e. The lowest BCUT2D eigenvalue weighted by molar-refractivity contribution is 0.160. The lowest BCUT2D eigenvalue weighted by atomic mass is 9.95. The molecule has 2 nitrogen and oxygen atoms in total. The summed E-state index contributed by atoms with van der Waals surface area (Å²) in [5.74, 6) is 0.603. The van der Waals surface area contributed by atoms with Crippen LogP contribution < -0.4 is 5.32 Å². The summed E-state index contributed by atoms with van der Waals surface area (Å²) in [7, 11) is 2.21. The van der Waals surface area contributed by atoms with Crippen LogP contribution >= 0.6 is 0 Å². The van der Waals surface area contributed by atoms with Crippen molar-refractivity contribution < 1.29 is 4.39 Å². The summed E-state index contributed by atoms with van der Waals surface area (Å²) in [4.78, 5) is 2.43. The van der Waals surface area contributed by atoms with Crippen LogP contribution in [0.1, 0.15) is 44.2 Å². The fourth-order valence-corrected chi connectivity index (χ4v) is 3.30. The number of piperidine rings is 1. The Labute approximate surface area is 121 Å². The highest BCUT2D eigenvalue weighted by Crippen LogP contribution is 2.41. The molecule has 0 spiro atoms. The number of hydrogen-bond acceptors (Lipinski definition) is 2. The highest BCUT2D eigenvalue weighted by atomic mass is 19.1. The van der Waals surface area contributed by atoms with E-state index in [1.807, 2.05) is 12.1 Å². The summed E-state index contributed by atoms with van der Waals surface area (Å²) in [5.41, 5.74) is 1.25. The zero-order valence-corrected chi connectivity index (χ0v) is 12.5. The van der Waals surface area contributed by atoms with Crippen LogP contribution in [0.3, 0.4) is 0 Å². The van der Waals surface area contributed by atoms with Crippen molar-refractivity contribution in [1.82, 2.24) is 10.2 Å². The maximum atomic E-state index is 13.1. The third-order valence-corrected chi connectivity index (χ3v) is 4.95. The number of likely N-dealkylation sites (tertiary alicyclic amines) is 1. The van der Waals surface area contributed by atoms with Crippen molar-refractivity contribution in [2.45, 2.75) is 50.7 Å². The molecule has 1 aliphatic heterocycles. The topological polar surface area (TPSA) is 15.3 Å². The van der Waals surface area contributed by atoms with Gasteiger partial charge in [-0.25, -0.2) is 4.39 Å². The predicted octanol–water partition coefficient (Wildman–Crippen LogP) is 3.35. The monoisotopic (exact) mass is 276 g/mol. The van der Waals surface area contributed by atoms with Gasteiger partial charge < -0.3 is 10.2 Å². The Balaban J connectivity index is 1.67. The molecule has 0 radical (unpaired) electrons. The lowest BCUT2D eigenvalue weighted by Gasteiger charge is -2.37. The molecule has 3 atom stereocenters. The van der Waals surface area contributed by atoms with Gasteiger partial charge in [-0.2, -0.15) is 0 Å². The van der Waals surface area contributed by atoms with Crippen molar-refractivity contribution in [3.8, 4) is 0 Å². The van der Waals surface area contributed by atoms with Crippen LogP contribution in [0.5, 0.6) is 0 Å². The van der Waals surface area contributed by atoms with Crippen LogP contribution in [0.25, 0.3) is 0 Å². The molecule has 0 amide bonds. The lowest BCUT2D eigenvalue weighted by Crippen LogP contribution is -2.46. The van der Waals surface area contributed by atoms with Crippen molar-refractivity contribution in [2.75, 3.05) is 13.6 Å². The summed E-state index contributed by atoms with van der Waals surface area (Å²) < 4.78 is 13.1. The van der Waals surface area contributed by atoms with E-state index in [0.717, 1.165) is 5.92 Å². The number of nitrogens with zero attached hydrogens (tertiary/aromatic N) is 1. The standard InChI is InChI=1S/C17H25FN2/c1-12-11-16(9-10-20(12)2)19-17(13-3-4-13)14-5-7-15(18)8-6-14/h5-8,12-13,16-17,19H,3-4,9-11H2,1-2H3.